The van der Waals surface area contributed by atoms with Gasteiger partial charge in [-0.15, -0.1) is 0 Å². The second-order valence-electron chi connectivity index (χ2n) is 6.73. The van der Waals surface area contributed by atoms with E-state index in [-0.39, 0.29) is 0 Å². The van der Waals surface area contributed by atoms with Crippen molar-refractivity contribution < 1.29 is 13.2 Å². The number of nitrogens with zero attached hydrogens (tertiary/aromatic N) is 2. The van der Waals surface area contributed by atoms with Crippen LogP contribution in [0.1, 0.15) is 11.1 Å². The zero-order valence-electron chi connectivity index (χ0n) is 15.4. The van der Waals surface area contributed by atoms with Gasteiger partial charge < -0.3 is 4.74 Å². The van der Waals surface area contributed by atoms with E-state index in [2.05, 4.69) is 4.90 Å². The average Bonchev–Trinajstić information content (AvgIpc) is 2.62. The van der Waals surface area contributed by atoms with Crippen LogP contribution in [0.4, 0.5) is 0 Å². The fraction of sp³-hybridized carbons (Fsp3) is 0.400. The Kier molecular flexibility index (Phi) is 5.96. The Labute approximate surface area is 156 Å². The van der Waals surface area contributed by atoms with Crippen molar-refractivity contribution in [3.63, 3.8) is 0 Å². The molecule has 0 N–H and O–H groups in total. The number of sulfonamides is 1. The Morgan fingerprint density at radius 3 is 2.23 bits per heavy atom. The number of rotatable bonds is 6. The molecule has 1 aliphatic rings. The van der Waals surface area contributed by atoms with Crippen molar-refractivity contribution >= 4 is 10.0 Å². The van der Waals surface area contributed by atoms with Crippen LogP contribution in [0, 0.1) is 13.8 Å². The minimum absolute atomic E-state index is 0.383. The molecule has 1 aliphatic heterocycles. The Balaban J connectivity index is 1.49. The summed E-state index contributed by atoms with van der Waals surface area (Å²) in [5, 5.41) is 0. The molecule has 0 aliphatic carbocycles. The molecule has 6 heteroatoms. The van der Waals surface area contributed by atoms with E-state index in [4.69, 9.17) is 4.74 Å². The van der Waals surface area contributed by atoms with Gasteiger partial charge in [-0.05, 0) is 49.2 Å². The molecule has 0 spiro atoms. The molecule has 0 radical (unpaired) electrons. The van der Waals surface area contributed by atoms with Crippen molar-refractivity contribution in [3.05, 3.63) is 59.7 Å². The van der Waals surface area contributed by atoms with Gasteiger partial charge in [0.05, 0.1) is 4.90 Å². The maximum Gasteiger partial charge on any atom is 0.243 e. The van der Waals surface area contributed by atoms with Crippen LogP contribution in [0.25, 0.3) is 0 Å². The molecule has 0 saturated carbocycles. The van der Waals surface area contributed by atoms with Crippen LogP contribution in [-0.2, 0) is 10.0 Å². The molecule has 0 amide bonds. The Morgan fingerprint density at radius 2 is 1.58 bits per heavy atom. The molecule has 0 aromatic heterocycles. The first kappa shape index (κ1) is 18.9. The van der Waals surface area contributed by atoms with Crippen molar-refractivity contribution in [2.45, 2.75) is 18.7 Å². The van der Waals surface area contributed by atoms with Gasteiger partial charge in [0.15, 0.2) is 0 Å². The summed E-state index contributed by atoms with van der Waals surface area (Å²) in [6, 6.07) is 15.1. The molecule has 26 heavy (non-hydrogen) atoms. The van der Waals surface area contributed by atoms with Crippen molar-refractivity contribution in [2.24, 2.45) is 0 Å². The monoisotopic (exact) mass is 374 g/mol. The van der Waals surface area contributed by atoms with Gasteiger partial charge in [-0.1, -0.05) is 24.3 Å². The lowest BCUT2D eigenvalue weighted by molar-refractivity contribution is 0.159. The summed E-state index contributed by atoms with van der Waals surface area (Å²) >= 11 is 0. The second kappa shape index (κ2) is 8.20. The van der Waals surface area contributed by atoms with E-state index >= 15 is 0 Å². The van der Waals surface area contributed by atoms with Crippen molar-refractivity contribution in [1.82, 2.24) is 9.21 Å². The van der Waals surface area contributed by atoms with Crippen molar-refractivity contribution in [1.29, 1.82) is 0 Å². The van der Waals surface area contributed by atoms with Gasteiger partial charge in [0.1, 0.15) is 12.4 Å². The summed E-state index contributed by atoms with van der Waals surface area (Å²) in [4.78, 5) is 2.63. The minimum Gasteiger partial charge on any atom is -0.492 e. The van der Waals surface area contributed by atoms with Gasteiger partial charge in [-0.2, -0.15) is 4.31 Å². The van der Waals surface area contributed by atoms with Crippen LogP contribution in [0.3, 0.4) is 0 Å². The van der Waals surface area contributed by atoms with Crippen LogP contribution in [0.5, 0.6) is 5.75 Å². The highest BCUT2D eigenvalue weighted by Crippen LogP contribution is 2.19. The number of hydrogen-bond acceptors (Lipinski definition) is 4. The molecule has 1 fully saturated rings. The van der Waals surface area contributed by atoms with Crippen LogP contribution in [0.15, 0.2) is 53.4 Å². The third-order valence-electron chi connectivity index (χ3n) is 4.62. The molecule has 0 unspecified atom stereocenters. The first-order valence-electron chi connectivity index (χ1n) is 8.94. The normalized spacial score (nSPS) is 16.5. The maximum absolute atomic E-state index is 12.8. The lowest BCUT2D eigenvalue weighted by Gasteiger charge is -2.33. The van der Waals surface area contributed by atoms with Crippen LogP contribution < -0.4 is 4.74 Å². The van der Waals surface area contributed by atoms with E-state index in [1.54, 1.807) is 22.5 Å². The van der Waals surface area contributed by atoms with Gasteiger partial charge in [0, 0.05) is 32.7 Å². The molecular weight excluding hydrogens is 348 g/mol. The predicted octanol–water partition coefficient (Wildman–Crippen LogP) is 2.69. The fourth-order valence-corrected chi connectivity index (χ4v) is 4.64. The zero-order valence-corrected chi connectivity index (χ0v) is 16.2. The standard InChI is InChI=1S/C20H26N2O3S/c1-17-5-3-7-19(15-17)25-14-13-21-9-11-22(12-10-21)26(23,24)20-8-4-6-18(2)16-20/h3-8,15-16H,9-14H2,1-2H3. The van der Waals surface area contributed by atoms with E-state index in [1.165, 1.54) is 5.56 Å². The minimum atomic E-state index is -3.40. The third-order valence-corrected chi connectivity index (χ3v) is 6.52. The lowest BCUT2D eigenvalue weighted by Crippen LogP contribution is -2.49. The summed E-state index contributed by atoms with van der Waals surface area (Å²) in [5.41, 5.74) is 2.13. The first-order chi connectivity index (χ1) is 12.4. The second-order valence-corrected chi connectivity index (χ2v) is 8.67. The van der Waals surface area contributed by atoms with Gasteiger partial charge in [0.25, 0.3) is 0 Å². The number of ether oxygens (including phenoxy) is 1. The molecular formula is C20H26N2O3S. The summed E-state index contributed by atoms with van der Waals surface area (Å²) < 4.78 is 32.9. The van der Waals surface area contributed by atoms with Gasteiger partial charge in [0.2, 0.25) is 10.0 Å². The molecule has 0 bridgehead atoms. The van der Waals surface area contributed by atoms with Crippen LogP contribution in [0.2, 0.25) is 0 Å². The molecule has 2 aromatic rings. The molecule has 1 heterocycles. The van der Waals surface area contributed by atoms with E-state index in [1.807, 2.05) is 44.2 Å². The van der Waals surface area contributed by atoms with Gasteiger partial charge in [-0.3, -0.25) is 4.90 Å². The van der Waals surface area contributed by atoms with Crippen molar-refractivity contribution in [2.75, 3.05) is 39.3 Å². The topological polar surface area (TPSA) is 49.9 Å². The molecule has 3 rings (SSSR count). The summed E-state index contributed by atoms with van der Waals surface area (Å²) in [6.45, 7) is 7.83. The number of piperazine rings is 1. The number of benzene rings is 2. The summed E-state index contributed by atoms with van der Waals surface area (Å²) in [7, 11) is -3.40. The predicted molar refractivity (Wildman–Crippen MR) is 103 cm³/mol. The molecule has 2 aromatic carbocycles. The van der Waals surface area contributed by atoms with E-state index < -0.39 is 10.0 Å². The molecule has 5 nitrogen and oxygen atoms in total. The fourth-order valence-electron chi connectivity index (χ4n) is 3.12. The Hall–Kier alpha value is -1.89. The highest BCUT2D eigenvalue weighted by Gasteiger charge is 2.28. The first-order valence-corrected chi connectivity index (χ1v) is 10.4. The third kappa shape index (κ3) is 4.63. The smallest absolute Gasteiger partial charge is 0.243 e. The maximum atomic E-state index is 12.8. The van der Waals surface area contributed by atoms with E-state index in [9.17, 15) is 8.42 Å². The van der Waals surface area contributed by atoms with E-state index in [0.717, 1.165) is 30.9 Å². The van der Waals surface area contributed by atoms with Gasteiger partial charge >= 0.3 is 0 Å². The Bertz CT molecular complexity index is 844. The molecule has 140 valence electrons. The largest absolute Gasteiger partial charge is 0.492 e. The zero-order chi connectivity index (χ0) is 18.6. The summed E-state index contributed by atoms with van der Waals surface area (Å²) in [6.07, 6.45) is 0. The molecule has 1 saturated heterocycles. The summed E-state index contributed by atoms with van der Waals surface area (Å²) in [5.74, 6) is 0.880. The number of hydrogen-bond donors (Lipinski definition) is 0. The Morgan fingerprint density at radius 1 is 0.923 bits per heavy atom. The van der Waals surface area contributed by atoms with Crippen LogP contribution in [-0.4, -0.2) is 57.0 Å². The van der Waals surface area contributed by atoms with Gasteiger partial charge in [-0.25, -0.2) is 8.42 Å². The highest BCUT2D eigenvalue weighted by atomic mass is 32.2. The van der Waals surface area contributed by atoms with Crippen LogP contribution >= 0.6 is 0 Å². The highest BCUT2D eigenvalue weighted by molar-refractivity contribution is 7.89. The SMILES string of the molecule is Cc1cccc(OCCN2CCN(S(=O)(=O)c3cccc(C)c3)CC2)c1. The lowest BCUT2D eigenvalue weighted by atomic mass is 10.2. The molecule has 0 atom stereocenters. The van der Waals surface area contributed by atoms with E-state index in [0.29, 0.717) is 24.6 Å². The number of aryl methyl sites for hydroxylation is 2. The average molecular weight is 375 g/mol. The quantitative estimate of drug-likeness (QED) is 0.780. The van der Waals surface area contributed by atoms with Crippen molar-refractivity contribution in [3.8, 4) is 5.75 Å².